The second-order valence-corrected chi connectivity index (χ2v) is 13.8. The number of hydrogen-bond donors (Lipinski definition) is 3. The summed E-state index contributed by atoms with van der Waals surface area (Å²) in [6.07, 6.45) is -3.33. The van der Waals surface area contributed by atoms with Gasteiger partial charge in [0.25, 0.3) is 5.56 Å². The van der Waals surface area contributed by atoms with Crippen LogP contribution in [0.2, 0.25) is 0 Å². The summed E-state index contributed by atoms with van der Waals surface area (Å²) in [5, 5.41) is 16.0. The number of carbonyl (C=O) groups is 1. The van der Waals surface area contributed by atoms with Crippen molar-refractivity contribution in [3.8, 4) is 11.8 Å². The van der Waals surface area contributed by atoms with E-state index in [9.17, 15) is 27.9 Å². The number of fused-ring (bicyclic) bond motifs is 1. The molecular weight excluding hydrogens is 639 g/mol. The summed E-state index contributed by atoms with van der Waals surface area (Å²) in [4.78, 5) is 42.9. The van der Waals surface area contributed by atoms with Crippen molar-refractivity contribution in [1.29, 1.82) is 0 Å². The molecule has 1 aliphatic heterocycles. The summed E-state index contributed by atoms with van der Waals surface area (Å²) in [5.41, 5.74) is 0.884. The first kappa shape index (κ1) is 36.2. The van der Waals surface area contributed by atoms with Crippen LogP contribution in [0.1, 0.15) is 45.9 Å². The van der Waals surface area contributed by atoms with Gasteiger partial charge in [0, 0.05) is 38.0 Å². The number of aromatic nitrogens is 3. The molecule has 18 heteroatoms. The normalized spacial score (nSPS) is 18.6. The summed E-state index contributed by atoms with van der Waals surface area (Å²) in [6.45, 7) is 6.47. The molecule has 1 saturated heterocycles. The quantitative estimate of drug-likeness (QED) is 0.0549. The lowest BCUT2D eigenvalue weighted by Gasteiger charge is -2.23. The van der Waals surface area contributed by atoms with Crippen LogP contribution in [0.15, 0.2) is 21.1 Å². The van der Waals surface area contributed by atoms with Crippen LogP contribution >= 0.6 is 21.6 Å². The molecule has 2 aromatic rings. The summed E-state index contributed by atoms with van der Waals surface area (Å²) in [6, 6.07) is 0. The Morgan fingerprint density at radius 2 is 2.11 bits per heavy atom. The van der Waals surface area contributed by atoms with Gasteiger partial charge in [0.1, 0.15) is 24.9 Å². The number of aliphatic hydroxyl groups is 1. The molecular formula is C27H36F3N7O6S2. The highest BCUT2D eigenvalue weighted by Crippen LogP contribution is 2.36. The van der Waals surface area contributed by atoms with E-state index in [1.165, 1.54) is 27.9 Å². The number of nitrogens with one attached hydrogen (secondary N) is 2. The number of H-pyrrole nitrogens is 1. The van der Waals surface area contributed by atoms with Gasteiger partial charge in [-0.2, -0.15) is 18.2 Å². The van der Waals surface area contributed by atoms with E-state index in [2.05, 4.69) is 32.0 Å². The van der Waals surface area contributed by atoms with Crippen molar-refractivity contribution in [2.45, 2.75) is 63.5 Å². The van der Waals surface area contributed by atoms with Crippen molar-refractivity contribution in [3.05, 3.63) is 22.1 Å². The van der Waals surface area contributed by atoms with Crippen LogP contribution in [0.5, 0.6) is 0 Å². The molecule has 3 rings (SSSR count). The Bertz CT molecular complexity index is 1510. The second-order valence-electron chi connectivity index (χ2n) is 10.9. The maximum atomic E-state index is 13.2. The standard InChI is InChI=1S/C27H36F3N7O6S2/c1-16(2)35-43-18-10-20(42-19(18)12-38)37-11-17(21-22(37)33-25(34-23(21)39)32-14-36(5)6)8-7-9-41-15-44-45-26(3,4)13-31-24(40)27(28,29)30/h11,14,18-20,38H,9-10,12-13,15H2,1-6H3,(H,31,40)(H,33,34,39)/b32-14-/t18-,19-,20-/m1/s1. The molecule has 13 nitrogen and oxygen atoms in total. The van der Waals surface area contributed by atoms with Gasteiger partial charge in [0.15, 0.2) is 11.8 Å². The Balaban J connectivity index is 1.74. The fourth-order valence-corrected chi connectivity index (χ4v) is 6.01. The van der Waals surface area contributed by atoms with Crippen molar-refractivity contribution in [2.24, 2.45) is 10.1 Å². The summed E-state index contributed by atoms with van der Waals surface area (Å²) >= 11 is 0. The van der Waals surface area contributed by atoms with Crippen LogP contribution in [-0.2, 0) is 19.1 Å². The van der Waals surface area contributed by atoms with Gasteiger partial charge in [-0.25, -0.2) is 4.99 Å². The number of aliphatic imine (C=N–C) groups is 1. The number of aromatic amines is 1. The summed E-state index contributed by atoms with van der Waals surface area (Å²) < 4.78 is 49.8. The minimum Gasteiger partial charge on any atom is -0.394 e. The first-order valence-electron chi connectivity index (χ1n) is 13.6. The first-order chi connectivity index (χ1) is 21.1. The Kier molecular flexibility index (Phi) is 12.8. The van der Waals surface area contributed by atoms with E-state index in [0.29, 0.717) is 17.7 Å². The van der Waals surface area contributed by atoms with Crippen molar-refractivity contribution in [3.63, 3.8) is 0 Å². The van der Waals surface area contributed by atoms with Crippen molar-refractivity contribution >= 4 is 56.5 Å². The third-order valence-electron chi connectivity index (χ3n) is 5.87. The van der Waals surface area contributed by atoms with Gasteiger partial charge in [-0.15, -0.1) is 0 Å². The van der Waals surface area contributed by atoms with Gasteiger partial charge in [0.05, 0.1) is 29.6 Å². The number of aliphatic hydroxyl groups excluding tert-OH is 1. The highest BCUT2D eigenvalue weighted by molar-refractivity contribution is 8.77. The van der Waals surface area contributed by atoms with Gasteiger partial charge in [-0.05, 0) is 27.7 Å². The van der Waals surface area contributed by atoms with Crippen molar-refractivity contribution < 1.29 is 37.4 Å². The first-order valence-corrected chi connectivity index (χ1v) is 15.9. The number of amides is 1. The lowest BCUT2D eigenvalue weighted by atomic mass is 10.2. The number of hydrogen-bond acceptors (Lipinski definition) is 11. The van der Waals surface area contributed by atoms with Crippen LogP contribution in [-0.4, -0.2) is 105 Å². The molecule has 2 aromatic heterocycles. The summed E-state index contributed by atoms with van der Waals surface area (Å²) in [7, 11) is 6.07. The highest BCUT2D eigenvalue weighted by atomic mass is 33.1. The molecule has 3 N–H and O–H groups in total. The Morgan fingerprint density at radius 3 is 2.76 bits per heavy atom. The van der Waals surface area contributed by atoms with E-state index in [1.54, 1.807) is 57.5 Å². The summed E-state index contributed by atoms with van der Waals surface area (Å²) in [5.74, 6) is 4.07. The minimum atomic E-state index is -4.93. The predicted molar refractivity (Wildman–Crippen MR) is 167 cm³/mol. The molecule has 0 aromatic carbocycles. The average molecular weight is 676 g/mol. The van der Waals surface area contributed by atoms with Gasteiger partial charge in [0.2, 0.25) is 5.95 Å². The Morgan fingerprint density at radius 1 is 1.38 bits per heavy atom. The van der Waals surface area contributed by atoms with Gasteiger partial charge < -0.3 is 34.2 Å². The SMILES string of the molecule is CC(C)=NO[C@@H]1C[C@H](n2cc(C#CCOCSSC(C)(C)CNC(=O)C(F)(F)F)c3c(=O)[nH]c(/N=C\N(C)C)nc32)O[C@@H]1CO. The third-order valence-corrected chi connectivity index (χ3v) is 8.84. The monoisotopic (exact) mass is 675 g/mol. The fourth-order valence-electron chi connectivity index (χ4n) is 3.87. The van der Waals surface area contributed by atoms with Crippen LogP contribution in [0.25, 0.3) is 11.0 Å². The second kappa shape index (κ2) is 15.9. The number of ether oxygens (including phenoxy) is 2. The molecule has 45 heavy (non-hydrogen) atoms. The van der Waals surface area contributed by atoms with E-state index in [-0.39, 0.29) is 42.7 Å². The molecule has 3 heterocycles. The van der Waals surface area contributed by atoms with E-state index in [1.807, 2.05) is 5.32 Å². The van der Waals surface area contributed by atoms with E-state index in [0.717, 1.165) is 0 Å². The molecule has 0 bridgehead atoms. The zero-order valence-electron chi connectivity index (χ0n) is 25.6. The van der Waals surface area contributed by atoms with Crippen LogP contribution in [0.4, 0.5) is 19.1 Å². The molecule has 1 aliphatic rings. The van der Waals surface area contributed by atoms with Crippen LogP contribution < -0.4 is 10.9 Å². The zero-order chi connectivity index (χ0) is 33.4. The molecule has 0 unspecified atom stereocenters. The van der Waals surface area contributed by atoms with Crippen molar-refractivity contribution in [2.75, 3.05) is 39.8 Å². The highest BCUT2D eigenvalue weighted by Gasteiger charge is 2.40. The van der Waals surface area contributed by atoms with Gasteiger partial charge >= 0.3 is 12.1 Å². The van der Waals surface area contributed by atoms with E-state index in [4.69, 9.17) is 14.3 Å². The molecule has 248 valence electrons. The molecule has 0 spiro atoms. The maximum absolute atomic E-state index is 13.2. The molecule has 0 radical (unpaired) electrons. The number of nitrogens with zero attached hydrogens (tertiary/aromatic N) is 5. The molecule has 1 fully saturated rings. The average Bonchev–Trinajstić information content (AvgIpc) is 3.54. The van der Waals surface area contributed by atoms with Gasteiger partial charge in [-0.3, -0.25) is 14.6 Å². The largest absolute Gasteiger partial charge is 0.471 e. The number of carbonyl (C=O) groups excluding carboxylic acids is 1. The number of rotatable bonds is 13. The Hall–Kier alpha value is -3.24. The molecule has 0 saturated carbocycles. The lowest BCUT2D eigenvalue weighted by Crippen LogP contribution is -2.42. The van der Waals surface area contributed by atoms with Crippen LogP contribution in [0, 0.1) is 11.8 Å². The van der Waals surface area contributed by atoms with E-state index >= 15 is 0 Å². The Labute approximate surface area is 265 Å². The smallest absolute Gasteiger partial charge is 0.394 e. The molecule has 3 atom stereocenters. The predicted octanol–water partition coefficient (Wildman–Crippen LogP) is 3.17. The number of alkyl halides is 3. The molecule has 1 amide bonds. The third kappa shape index (κ3) is 10.7. The van der Waals surface area contributed by atoms with Crippen molar-refractivity contribution in [1.82, 2.24) is 24.8 Å². The van der Waals surface area contributed by atoms with E-state index < -0.39 is 40.8 Å². The van der Waals surface area contributed by atoms with Gasteiger partial charge in [-0.1, -0.05) is 38.6 Å². The lowest BCUT2D eigenvalue weighted by molar-refractivity contribution is -0.173. The zero-order valence-corrected chi connectivity index (χ0v) is 27.2. The minimum absolute atomic E-state index is 0.00117. The number of halogens is 3. The maximum Gasteiger partial charge on any atom is 0.471 e. The fraction of sp³-hybridized carbons (Fsp3) is 0.593. The van der Waals surface area contributed by atoms with Crippen LogP contribution in [0.3, 0.4) is 0 Å². The topological polar surface area (TPSA) is 156 Å². The number of oxime groups is 1. The molecule has 0 aliphatic carbocycles.